The molecule has 30 heavy (non-hydrogen) atoms. The highest BCUT2D eigenvalue weighted by molar-refractivity contribution is 5.94. The molecule has 1 aliphatic rings. The normalized spacial score (nSPS) is 19.4. The fraction of sp³-hybridized carbons (Fsp3) is 0.591. The summed E-state index contributed by atoms with van der Waals surface area (Å²) in [6, 6.07) is 6.41. The molecule has 2 rings (SSSR count). The molecule has 0 aliphatic carbocycles. The number of ether oxygens (including phenoxy) is 3. The third-order valence-corrected chi connectivity index (χ3v) is 4.98. The Kier molecular flexibility index (Phi) is 7.00. The summed E-state index contributed by atoms with van der Waals surface area (Å²) in [6.45, 7) is 10.7. The number of likely N-dealkylation sites (tertiary alicyclic amines) is 1. The second-order valence-electron chi connectivity index (χ2n) is 8.73. The van der Waals surface area contributed by atoms with Crippen molar-refractivity contribution in [3.05, 3.63) is 29.8 Å². The van der Waals surface area contributed by atoms with Crippen LogP contribution in [-0.4, -0.2) is 60.3 Å². The highest BCUT2D eigenvalue weighted by Gasteiger charge is 2.50. The summed E-state index contributed by atoms with van der Waals surface area (Å²) < 4.78 is 15.7. The topological polar surface area (TPSA) is 94.2 Å². The molecule has 1 aromatic carbocycles. The number of amides is 2. The quantitative estimate of drug-likeness (QED) is 0.711. The number of benzene rings is 1. The van der Waals surface area contributed by atoms with E-state index >= 15 is 0 Å². The minimum Gasteiger partial charge on any atom is -0.497 e. The van der Waals surface area contributed by atoms with Gasteiger partial charge in [-0.1, -0.05) is 12.1 Å². The Balaban J connectivity index is 2.36. The summed E-state index contributed by atoms with van der Waals surface area (Å²) in [4.78, 5) is 39.7. The van der Waals surface area contributed by atoms with Gasteiger partial charge in [0.05, 0.1) is 13.7 Å². The van der Waals surface area contributed by atoms with E-state index in [0.29, 0.717) is 5.75 Å². The van der Waals surface area contributed by atoms with Gasteiger partial charge in [0.2, 0.25) is 5.91 Å². The van der Waals surface area contributed by atoms with E-state index in [1.807, 2.05) is 12.1 Å². The first-order chi connectivity index (χ1) is 13.9. The van der Waals surface area contributed by atoms with Gasteiger partial charge in [-0.3, -0.25) is 4.79 Å². The van der Waals surface area contributed by atoms with Gasteiger partial charge in [-0.25, -0.2) is 9.59 Å². The van der Waals surface area contributed by atoms with Crippen molar-refractivity contribution in [2.75, 3.05) is 20.3 Å². The molecule has 1 aromatic rings. The SMILES string of the molecule is CCOC(=O)C(C)(C)N1C[C@@H](c2ccc(OC)cc2)[C@H](NC(=O)OC(C)(C)C)C1=O. The van der Waals surface area contributed by atoms with Gasteiger partial charge in [0, 0.05) is 12.5 Å². The van der Waals surface area contributed by atoms with Crippen molar-refractivity contribution in [1.82, 2.24) is 10.2 Å². The number of esters is 1. The fourth-order valence-electron chi connectivity index (χ4n) is 3.40. The molecule has 1 heterocycles. The zero-order valence-electron chi connectivity index (χ0n) is 18.8. The Morgan fingerprint density at radius 2 is 1.73 bits per heavy atom. The molecule has 1 saturated heterocycles. The lowest BCUT2D eigenvalue weighted by Gasteiger charge is -2.33. The minimum absolute atomic E-state index is 0.214. The standard InChI is InChI=1S/C22H32N2O6/c1-8-29-19(26)22(5,6)24-13-16(14-9-11-15(28-7)12-10-14)17(18(24)25)23-20(27)30-21(2,3)4/h9-12,16-17H,8,13H2,1-7H3,(H,23,27)/t16-,17-/m0/s1. The molecular weight excluding hydrogens is 388 g/mol. The van der Waals surface area contributed by atoms with Gasteiger partial charge in [0.25, 0.3) is 0 Å². The van der Waals surface area contributed by atoms with E-state index in [-0.39, 0.29) is 25.0 Å². The minimum atomic E-state index is -1.18. The van der Waals surface area contributed by atoms with Crippen molar-refractivity contribution in [1.29, 1.82) is 0 Å². The number of carbonyl (C=O) groups is 3. The Labute approximate surface area is 177 Å². The van der Waals surface area contributed by atoms with Gasteiger partial charge in [-0.05, 0) is 59.2 Å². The van der Waals surface area contributed by atoms with E-state index < -0.39 is 29.2 Å². The van der Waals surface area contributed by atoms with Crippen LogP contribution in [0.4, 0.5) is 4.79 Å². The number of rotatable bonds is 6. The van der Waals surface area contributed by atoms with Gasteiger partial charge >= 0.3 is 12.1 Å². The van der Waals surface area contributed by atoms with Gasteiger partial charge in [-0.15, -0.1) is 0 Å². The first-order valence-corrected chi connectivity index (χ1v) is 10.0. The lowest BCUT2D eigenvalue weighted by Crippen LogP contribution is -2.54. The monoisotopic (exact) mass is 420 g/mol. The highest BCUT2D eigenvalue weighted by Crippen LogP contribution is 2.34. The van der Waals surface area contributed by atoms with Crippen LogP contribution in [0.15, 0.2) is 24.3 Å². The fourth-order valence-corrected chi connectivity index (χ4v) is 3.40. The number of carbonyl (C=O) groups excluding carboxylic acids is 3. The molecule has 0 radical (unpaired) electrons. The molecule has 1 N–H and O–H groups in total. The average Bonchev–Trinajstić information content (AvgIpc) is 2.97. The molecule has 0 saturated carbocycles. The average molecular weight is 421 g/mol. The molecule has 2 amide bonds. The van der Waals surface area contributed by atoms with Crippen LogP contribution in [0.3, 0.4) is 0 Å². The maximum absolute atomic E-state index is 13.3. The maximum Gasteiger partial charge on any atom is 0.408 e. The van der Waals surface area contributed by atoms with E-state index in [1.165, 1.54) is 4.90 Å². The number of hydrogen-bond acceptors (Lipinski definition) is 6. The lowest BCUT2D eigenvalue weighted by atomic mass is 9.94. The summed E-state index contributed by atoms with van der Waals surface area (Å²) >= 11 is 0. The van der Waals surface area contributed by atoms with Gasteiger partial charge < -0.3 is 24.4 Å². The second kappa shape index (κ2) is 8.93. The molecule has 8 nitrogen and oxygen atoms in total. The van der Waals surface area contributed by atoms with Crippen LogP contribution in [0.5, 0.6) is 5.75 Å². The van der Waals surface area contributed by atoms with Crippen molar-refractivity contribution in [3.8, 4) is 5.75 Å². The third kappa shape index (κ3) is 5.23. The molecule has 0 aromatic heterocycles. The molecular formula is C22H32N2O6. The highest BCUT2D eigenvalue weighted by atomic mass is 16.6. The Morgan fingerprint density at radius 1 is 1.13 bits per heavy atom. The number of nitrogens with one attached hydrogen (secondary N) is 1. The zero-order valence-corrected chi connectivity index (χ0v) is 18.8. The first kappa shape index (κ1) is 23.5. The largest absolute Gasteiger partial charge is 0.497 e. The van der Waals surface area contributed by atoms with Crippen molar-refractivity contribution < 1.29 is 28.6 Å². The van der Waals surface area contributed by atoms with Crippen LogP contribution in [0.2, 0.25) is 0 Å². The predicted molar refractivity (Wildman–Crippen MR) is 111 cm³/mol. The van der Waals surface area contributed by atoms with Crippen LogP contribution in [0, 0.1) is 0 Å². The molecule has 1 aliphatic heterocycles. The summed E-state index contributed by atoms with van der Waals surface area (Å²) in [5.41, 5.74) is -1.04. The summed E-state index contributed by atoms with van der Waals surface area (Å²) in [6.07, 6.45) is -0.685. The summed E-state index contributed by atoms with van der Waals surface area (Å²) in [5.74, 6) is -0.544. The van der Waals surface area contributed by atoms with Gasteiger partial charge in [0.15, 0.2) is 0 Å². The van der Waals surface area contributed by atoms with E-state index in [1.54, 1.807) is 60.8 Å². The molecule has 0 spiro atoms. The van der Waals surface area contributed by atoms with Crippen molar-refractivity contribution in [3.63, 3.8) is 0 Å². The number of alkyl carbamates (subject to hydrolysis) is 1. The zero-order chi connectivity index (χ0) is 22.7. The van der Waals surface area contributed by atoms with Crippen LogP contribution < -0.4 is 10.1 Å². The summed E-state index contributed by atoms with van der Waals surface area (Å²) in [7, 11) is 1.57. The van der Waals surface area contributed by atoms with E-state index in [9.17, 15) is 14.4 Å². The van der Waals surface area contributed by atoms with E-state index in [2.05, 4.69) is 5.32 Å². The Morgan fingerprint density at radius 3 is 2.23 bits per heavy atom. The van der Waals surface area contributed by atoms with Crippen LogP contribution in [0.1, 0.15) is 53.0 Å². The summed E-state index contributed by atoms with van der Waals surface area (Å²) in [5, 5.41) is 2.70. The van der Waals surface area contributed by atoms with Crippen LogP contribution >= 0.6 is 0 Å². The van der Waals surface area contributed by atoms with E-state index in [4.69, 9.17) is 14.2 Å². The molecule has 0 unspecified atom stereocenters. The van der Waals surface area contributed by atoms with Gasteiger partial charge in [-0.2, -0.15) is 0 Å². The Bertz CT molecular complexity index is 782. The van der Waals surface area contributed by atoms with Crippen molar-refractivity contribution in [2.24, 2.45) is 0 Å². The molecule has 8 heteroatoms. The Hall–Kier alpha value is -2.77. The number of methoxy groups -OCH3 is 1. The van der Waals surface area contributed by atoms with Crippen LogP contribution in [0.25, 0.3) is 0 Å². The van der Waals surface area contributed by atoms with E-state index in [0.717, 1.165) is 5.56 Å². The second-order valence-corrected chi connectivity index (χ2v) is 8.73. The third-order valence-electron chi connectivity index (χ3n) is 4.98. The van der Waals surface area contributed by atoms with Crippen LogP contribution in [-0.2, 0) is 19.1 Å². The number of nitrogens with zero attached hydrogens (tertiary/aromatic N) is 1. The first-order valence-electron chi connectivity index (χ1n) is 10.0. The predicted octanol–water partition coefficient (Wildman–Crippen LogP) is 2.86. The van der Waals surface area contributed by atoms with Crippen molar-refractivity contribution in [2.45, 2.75) is 64.6 Å². The molecule has 1 fully saturated rings. The molecule has 166 valence electrons. The van der Waals surface area contributed by atoms with Gasteiger partial charge in [0.1, 0.15) is 22.9 Å². The molecule has 2 atom stereocenters. The molecule has 0 bridgehead atoms. The van der Waals surface area contributed by atoms with Crippen molar-refractivity contribution >= 4 is 18.0 Å². The number of hydrogen-bond donors (Lipinski definition) is 1. The maximum atomic E-state index is 13.3. The lowest BCUT2D eigenvalue weighted by molar-refractivity contribution is -0.160. The smallest absolute Gasteiger partial charge is 0.408 e.